The standard InChI is InChI=1S/C29H30N2O4/c1-4-5-6-16-35-23-13-11-21(12-14-23)27(32)25-26(22-8-7-15-30-18-22)31(29(34)28(25)33)24-17-19(2)9-10-20(24)3/h7-15,17-18,26,32H,4-6,16H2,1-3H3/b27-25+. The molecule has 1 fully saturated rings. The van der Waals surface area contributed by atoms with Crippen molar-refractivity contribution < 1.29 is 19.4 Å². The molecule has 6 heteroatoms. The molecule has 1 aliphatic heterocycles. The van der Waals surface area contributed by atoms with Gasteiger partial charge in [0.05, 0.1) is 18.2 Å². The number of nitrogens with zero attached hydrogens (tertiary/aromatic N) is 2. The smallest absolute Gasteiger partial charge is 0.300 e. The lowest BCUT2D eigenvalue weighted by Crippen LogP contribution is -2.30. The first-order valence-corrected chi connectivity index (χ1v) is 11.9. The number of ketones is 1. The zero-order chi connectivity index (χ0) is 24.9. The van der Waals surface area contributed by atoms with Crippen molar-refractivity contribution in [2.24, 2.45) is 0 Å². The average molecular weight is 471 g/mol. The van der Waals surface area contributed by atoms with Crippen molar-refractivity contribution in [2.45, 2.75) is 46.1 Å². The van der Waals surface area contributed by atoms with E-state index < -0.39 is 17.7 Å². The van der Waals surface area contributed by atoms with Crippen LogP contribution in [0, 0.1) is 13.8 Å². The molecule has 2 aromatic carbocycles. The van der Waals surface area contributed by atoms with Crippen molar-refractivity contribution in [1.82, 2.24) is 4.98 Å². The Morgan fingerprint density at radius 1 is 1.06 bits per heavy atom. The third kappa shape index (κ3) is 4.97. The second-order valence-electron chi connectivity index (χ2n) is 8.83. The van der Waals surface area contributed by atoms with Crippen LogP contribution in [0.25, 0.3) is 5.76 Å². The van der Waals surface area contributed by atoms with Crippen molar-refractivity contribution in [3.8, 4) is 5.75 Å². The molecule has 1 aromatic heterocycles. The van der Waals surface area contributed by atoms with Crippen molar-refractivity contribution in [2.75, 3.05) is 11.5 Å². The number of aryl methyl sites for hydroxylation is 2. The lowest BCUT2D eigenvalue weighted by molar-refractivity contribution is -0.132. The summed E-state index contributed by atoms with van der Waals surface area (Å²) in [5.74, 6) is -0.929. The maximum Gasteiger partial charge on any atom is 0.300 e. The number of hydrogen-bond donors (Lipinski definition) is 1. The molecule has 1 amide bonds. The highest BCUT2D eigenvalue weighted by Gasteiger charge is 2.47. The molecule has 0 saturated carbocycles. The van der Waals surface area contributed by atoms with Gasteiger partial charge in [0.1, 0.15) is 11.5 Å². The fraction of sp³-hybridized carbons (Fsp3) is 0.276. The molecule has 0 radical (unpaired) electrons. The maximum atomic E-state index is 13.3. The number of amides is 1. The Hall–Kier alpha value is -3.93. The van der Waals surface area contributed by atoms with Gasteiger partial charge in [-0.2, -0.15) is 0 Å². The number of unbranched alkanes of at least 4 members (excludes halogenated alkanes) is 2. The topological polar surface area (TPSA) is 79.7 Å². The summed E-state index contributed by atoms with van der Waals surface area (Å²) in [6, 6.07) is 15.5. The Morgan fingerprint density at radius 3 is 2.51 bits per heavy atom. The second-order valence-corrected chi connectivity index (χ2v) is 8.83. The second kappa shape index (κ2) is 10.6. The molecule has 1 unspecified atom stereocenters. The van der Waals surface area contributed by atoms with Gasteiger partial charge in [-0.25, -0.2) is 0 Å². The fourth-order valence-electron chi connectivity index (χ4n) is 4.32. The van der Waals surface area contributed by atoms with Gasteiger partial charge >= 0.3 is 0 Å². The monoisotopic (exact) mass is 470 g/mol. The zero-order valence-electron chi connectivity index (χ0n) is 20.3. The minimum atomic E-state index is -0.797. The lowest BCUT2D eigenvalue weighted by atomic mass is 9.96. The van der Waals surface area contributed by atoms with Crippen LogP contribution in [0.5, 0.6) is 5.75 Å². The number of Topliss-reactive ketones (excluding diaryl/α,β-unsaturated/α-hetero) is 1. The van der Waals surface area contributed by atoms with Crippen LogP contribution in [0.4, 0.5) is 5.69 Å². The van der Waals surface area contributed by atoms with E-state index in [4.69, 9.17) is 4.74 Å². The van der Waals surface area contributed by atoms with E-state index in [-0.39, 0.29) is 11.3 Å². The maximum absolute atomic E-state index is 13.3. The number of carbonyl (C=O) groups is 2. The number of rotatable bonds is 8. The van der Waals surface area contributed by atoms with Gasteiger partial charge in [0.15, 0.2) is 0 Å². The van der Waals surface area contributed by atoms with E-state index in [2.05, 4.69) is 11.9 Å². The fourth-order valence-corrected chi connectivity index (χ4v) is 4.32. The number of aromatic nitrogens is 1. The molecule has 6 nitrogen and oxygen atoms in total. The number of aliphatic hydroxyl groups is 1. The largest absolute Gasteiger partial charge is 0.507 e. The summed E-state index contributed by atoms with van der Waals surface area (Å²) in [5, 5.41) is 11.3. The first kappa shape index (κ1) is 24.2. The van der Waals surface area contributed by atoms with Gasteiger partial charge in [-0.15, -0.1) is 0 Å². The predicted octanol–water partition coefficient (Wildman–Crippen LogP) is 5.89. The van der Waals surface area contributed by atoms with Crippen LogP contribution >= 0.6 is 0 Å². The average Bonchev–Trinajstić information content (AvgIpc) is 3.14. The van der Waals surface area contributed by atoms with Crippen molar-refractivity contribution in [3.05, 3.63) is 94.8 Å². The molecular weight excluding hydrogens is 440 g/mol. The Balaban J connectivity index is 1.77. The van der Waals surface area contributed by atoms with E-state index in [9.17, 15) is 14.7 Å². The van der Waals surface area contributed by atoms with Gasteiger partial charge in [0.25, 0.3) is 11.7 Å². The lowest BCUT2D eigenvalue weighted by Gasteiger charge is -2.27. The normalized spacial score (nSPS) is 17.1. The molecule has 3 aromatic rings. The first-order valence-electron chi connectivity index (χ1n) is 11.9. The van der Waals surface area contributed by atoms with Crippen molar-refractivity contribution in [3.63, 3.8) is 0 Å². The van der Waals surface area contributed by atoms with E-state index in [1.165, 1.54) is 4.90 Å². The number of carbonyl (C=O) groups excluding carboxylic acids is 2. The molecule has 0 bridgehead atoms. The summed E-state index contributed by atoms with van der Waals surface area (Å²) in [6.07, 6.45) is 6.45. The number of hydrogen-bond acceptors (Lipinski definition) is 5. The summed E-state index contributed by atoms with van der Waals surface area (Å²) in [6.45, 7) is 6.60. The summed E-state index contributed by atoms with van der Waals surface area (Å²) < 4.78 is 5.76. The predicted molar refractivity (Wildman–Crippen MR) is 136 cm³/mol. The third-order valence-electron chi connectivity index (χ3n) is 6.21. The molecule has 2 heterocycles. The highest BCUT2D eigenvalue weighted by molar-refractivity contribution is 6.51. The Morgan fingerprint density at radius 2 is 1.83 bits per heavy atom. The molecule has 1 atom stereocenters. The quantitative estimate of drug-likeness (QED) is 0.192. The summed E-state index contributed by atoms with van der Waals surface area (Å²) >= 11 is 0. The van der Waals surface area contributed by atoms with E-state index in [1.54, 1.807) is 42.7 Å². The van der Waals surface area contributed by atoms with Crippen LogP contribution in [0.15, 0.2) is 72.6 Å². The number of aliphatic hydroxyl groups excluding tert-OH is 1. The van der Waals surface area contributed by atoms with Crippen molar-refractivity contribution >= 4 is 23.1 Å². The third-order valence-corrected chi connectivity index (χ3v) is 6.21. The summed E-state index contributed by atoms with van der Waals surface area (Å²) in [5.41, 5.74) is 3.59. The Bertz CT molecular complexity index is 1250. The minimum absolute atomic E-state index is 0.0421. The Kier molecular flexibility index (Phi) is 7.30. The molecule has 180 valence electrons. The van der Waals surface area contributed by atoms with Gasteiger partial charge in [0, 0.05) is 23.6 Å². The van der Waals surface area contributed by atoms with Gasteiger partial charge in [0.2, 0.25) is 0 Å². The number of benzene rings is 2. The van der Waals surface area contributed by atoms with Crippen molar-refractivity contribution in [1.29, 1.82) is 0 Å². The van der Waals surface area contributed by atoms with E-state index in [0.717, 1.165) is 30.4 Å². The molecule has 1 aliphatic rings. The van der Waals surface area contributed by atoms with Crippen LogP contribution in [0.3, 0.4) is 0 Å². The van der Waals surface area contributed by atoms with Gasteiger partial charge in [-0.1, -0.05) is 38.0 Å². The van der Waals surface area contributed by atoms with Crippen LogP contribution in [0.1, 0.15) is 54.5 Å². The molecule has 0 spiro atoms. The van der Waals surface area contributed by atoms with E-state index in [0.29, 0.717) is 29.2 Å². The van der Waals surface area contributed by atoms with Crippen LogP contribution in [0.2, 0.25) is 0 Å². The van der Waals surface area contributed by atoms with E-state index >= 15 is 0 Å². The van der Waals surface area contributed by atoms with Crippen LogP contribution in [-0.4, -0.2) is 28.4 Å². The highest BCUT2D eigenvalue weighted by atomic mass is 16.5. The molecular formula is C29H30N2O4. The SMILES string of the molecule is CCCCCOc1ccc(/C(O)=C2\C(=O)C(=O)N(c3cc(C)ccc3C)C2c2cccnc2)cc1. The molecule has 4 rings (SSSR count). The number of ether oxygens (including phenoxy) is 1. The molecule has 0 aliphatic carbocycles. The number of pyridine rings is 1. The highest BCUT2D eigenvalue weighted by Crippen LogP contribution is 2.43. The van der Waals surface area contributed by atoms with Crippen LogP contribution < -0.4 is 9.64 Å². The van der Waals surface area contributed by atoms with E-state index in [1.807, 2.05) is 38.1 Å². The number of anilines is 1. The van der Waals surface area contributed by atoms with Gasteiger partial charge < -0.3 is 9.84 Å². The van der Waals surface area contributed by atoms with Gasteiger partial charge in [-0.05, 0) is 73.4 Å². The zero-order valence-corrected chi connectivity index (χ0v) is 20.3. The molecule has 35 heavy (non-hydrogen) atoms. The summed E-state index contributed by atoms with van der Waals surface area (Å²) in [7, 11) is 0. The van der Waals surface area contributed by atoms with Crippen LogP contribution in [-0.2, 0) is 9.59 Å². The molecule has 1 saturated heterocycles. The Labute approximate surface area is 205 Å². The minimum Gasteiger partial charge on any atom is -0.507 e. The van der Waals surface area contributed by atoms with Gasteiger partial charge in [-0.3, -0.25) is 19.5 Å². The first-order chi connectivity index (χ1) is 16.9. The summed E-state index contributed by atoms with van der Waals surface area (Å²) in [4.78, 5) is 32.3. The molecule has 1 N–H and O–H groups in total.